The molecule has 3 rings (SSSR count). The molecule has 0 radical (unpaired) electrons. The first-order valence-corrected chi connectivity index (χ1v) is 11.1. The van der Waals surface area contributed by atoms with E-state index in [4.69, 9.17) is 0 Å². The molecule has 0 spiro atoms. The van der Waals surface area contributed by atoms with E-state index in [0.717, 1.165) is 17.5 Å². The van der Waals surface area contributed by atoms with Gasteiger partial charge < -0.3 is 14.8 Å². The summed E-state index contributed by atoms with van der Waals surface area (Å²) in [6, 6.07) is 16.5. The first-order valence-electron chi connectivity index (χ1n) is 11.1. The van der Waals surface area contributed by atoms with Gasteiger partial charge in [0, 0.05) is 42.7 Å². The summed E-state index contributed by atoms with van der Waals surface area (Å²) in [4.78, 5) is 32.5. The van der Waals surface area contributed by atoms with E-state index in [1.54, 1.807) is 4.90 Å². The van der Waals surface area contributed by atoms with Gasteiger partial charge in [0.1, 0.15) is 0 Å². The van der Waals surface area contributed by atoms with Crippen molar-refractivity contribution in [2.24, 2.45) is 0 Å². The van der Waals surface area contributed by atoms with Crippen molar-refractivity contribution >= 4 is 22.7 Å². The van der Waals surface area contributed by atoms with Crippen LogP contribution in [-0.4, -0.2) is 45.7 Å². The van der Waals surface area contributed by atoms with Crippen LogP contribution >= 0.6 is 0 Å². The highest BCUT2D eigenvalue weighted by Gasteiger charge is 2.23. The van der Waals surface area contributed by atoms with Gasteiger partial charge in [-0.2, -0.15) is 0 Å². The summed E-state index contributed by atoms with van der Waals surface area (Å²) < 4.78 is 0. The second kappa shape index (κ2) is 10.3. The molecule has 0 saturated carbocycles. The van der Waals surface area contributed by atoms with E-state index in [1.165, 1.54) is 16.5 Å². The van der Waals surface area contributed by atoms with Gasteiger partial charge >= 0.3 is 0 Å². The molecule has 31 heavy (non-hydrogen) atoms. The van der Waals surface area contributed by atoms with E-state index < -0.39 is 0 Å². The number of hydrogen-bond donors (Lipinski definition) is 1. The van der Waals surface area contributed by atoms with Crippen molar-refractivity contribution in [3.63, 3.8) is 0 Å². The van der Waals surface area contributed by atoms with Crippen LogP contribution in [0.25, 0.3) is 10.9 Å². The average molecular weight is 420 g/mol. The van der Waals surface area contributed by atoms with Gasteiger partial charge in [-0.05, 0) is 44.4 Å². The molecule has 2 amide bonds. The molecule has 0 saturated heterocycles. The molecule has 0 atom stereocenters. The molecule has 5 heteroatoms. The third-order valence-corrected chi connectivity index (χ3v) is 5.72. The number of H-pyrrole nitrogens is 1. The molecule has 164 valence electrons. The Bertz CT molecular complexity index is 1020. The molecule has 0 fully saturated rings. The third kappa shape index (κ3) is 5.75. The number of aromatic amines is 1. The van der Waals surface area contributed by atoms with Crippen molar-refractivity contribution in [2.75, 3.05) is 13.1 Å². The van der Waals surface area contributed by atoms with Gasteiger partial charge in [0.2, 0.25) is 11.8 Å². The number of amides is 2. The van der Waals surface area contributed by atoms with E-state index in [9.17, 15) is 9.59 Å². The van der Waals surface area contributed by atoms with Crippen LogP contribution in [0.3, 0.4) is 0 Å². The minimum absolute atomic E-state index is 0.00811. The second-order valence-corrected chi connectivity index (χ2v) is 8.38. The van der Waals surface area contributed by atoms with Crippen LogP contribution in [0.15, 0.2) is 54.7 Å². The number of carbonyl (C=O) groups excluding carboxylic acids is 2. The van der Waals surface area contributed by atoms with Crippen LogP contribution in [0.1, 0.15) is 43.9 Å². The maximum atomic E-state index is 13.3. The standard InChI is InChI=1S/C26H33N3O2/c1-5-25(30)29(19(2)3)18-26(31)28(17-21-12-10-20(4)11-13-21)15-14-22-16-27-24-9-7-6-8-23(22)24/h6-13,16,19,27H,5,14-15,17-18H2,1-4H3. The Labute approximate surface area is 185 Å². The first kappa shape index (κ1) is 22.6. The van der Waals surface area contributed by atoms with Gasteiger partial charge in [0.25, 0.3) is 0 Å². The zero-order chi connectivity index (χ0) is 22.4. The van der Waals surface area contributed by atoms with Gasteiger partial charge in [0.05, 0.1) is 6.54 Å². The number of hydrogen-bond acceptors (Lipinski definition) is 2. The van der Waals surface area contributed by atoms with Crippen molar-refractivity contribution in [3.05, 3.63) is 71.4 Å². The Kier molecular flexibility index (Phi) is 7.50. The highest BCUT2D eigenvalue weighted by molar-refractivity contribution is 5.85. The van der Waals surface area contributed by atoms with Gasteiger partial charge in [-0.15, -0.1) is 0 Å². The van der Waals surface area contributed by atoms with E-state index in [2.05, 4.69) is 48.3 Å². The van der Waals surface area contributed by atoms with Crippen LogP contribution in [0.4, 0.5) is 0 Å². The summed E-state index contributed by atoms with van der Waals surface area (Å²) in [7, 11) is 0. The smallest absolute Gasteiger partial charge is 0.242 e. The number of fused-ring (bicyclic) bond motifs is 1. The molecule has 0 aliphatic heterocycles. The molecule has 2 aromatic carbocycles. The molecule has 0 bridgehead atoms. The fourth-order valence-corrected chi connectivity index (χ4v) is 3.81. The van der Waals surface area contributed by atoms with Crippen LogP contribution in [0, 0.1) is 6.92 Å². The fraction of sp³-hybridized carbons (Fsp3) is 0.385. The molecule has 1 heterocycles. The Balaban J connectivity index is 1.78. The number of aromatic nitrogens is 1. The van der Waals surface area contributed by atoms with E-state index in [1.807, 2.05) is 44.0 Å². The summed E-state index contributed by atoms with van der Waals surface area (Å²) in [5, 5.41) is 1.19. The van der Waals surface area contributed by atoms with E-state index in [-0.39, 0.29) is 24.4 Å². The van der Waals surface area contributed by atoms with Crippen LogP contribution < -0.4 is 0 Å². The second-order valence-electron chi connectivity index (χ2n) is 8.38. The topological polar surface area (TPSA) is 56.4 Å². The van der Waals surface area contributed by atoms with Crippen molar-refractivity contribution in [3.8, 4) is 0 Å². The number of aryl methyl sites for hydroxylation is 1. The molecule has 0 aliphatic carbocycles. The Morgan fingerprint density at radius 1 is 1.00 bits per heavy atom. The number of nitrogens with one attached hydrogen (secondary N) is 1. The van der Waals surface area contributed by atoms with E-state index >= 15 is 0 Å². The number of carbonyl (C=O) groups is 2. The maximum absolute atomic E-state index is 13.3. The summed E-state index contributed by atoms with van der Waals surface area (Å²) >= 11 is 0. The largest absolute Gasteiger partial charge is 0.361 e. The van der Waals surface area contributed by atoms with Crippen LogP contribution in [0.2, 0.25) is 0 Å². The molecule has 3 aromatic rings. The van der Waals surface area contributed by atoms with Crippen LogP contribution in [0.5, 0.6) is 0 Å². The Morgan fingerprint density at radius 3 is 2.39 bits per heavy atom. The molecular formula is C26H33N3O2. The van der Waals surface area contributed by atoms with Crippen molar-refractivity contribution in [1.29, 1.82) is 0 Å². The Morgan fingerprint density at radius 2 is 1.71 bits per heavy atom. The zero-order valence-corrected chi connectivity index (χ0v) is 19.0. The van der Waals surface area contributed by atoms with E-state index in [0.29, 0.717) is 19.5 Å². The lowest BCUT2D eigenvalue weighted by Crippen LogP contribution is -2.46. The maximum Gasteiger partial charge on any atom is 0.242 e. The normalized spacial score (nSPS) is 11.1. The quantitative estimate of drug-likeness (QED) is 0.547. The van der Waals surface area contributed by atoms with Gasteiger partial charge in [-0.3, -0.25) is 9.59 Å². The third-order valence-electron chi connectivity index (χ3n) is 5.72. The van der Waals surface area contributed by atoms with Crippen molar-refractivity contribution < 1.29 is 9.59 Å². The molecule has 0 unspecified atom stereocenters. The minimum Gasteiger partial charge on any atom is -0.361 e. The average Bonchev–Trinajstić information content (AvgIpc) is 3.18. The fourth-order valence-electron chi connectivity index (χ4n) is 3.81. The monoisotopic (exact) mass is 419 g/mol. The lowest BCUT2D eigenvalue weighted by atomic mass is 10.1. The number of rotatable bonds is 9. The number of nitrogens with zero attached hydrogens (tertiary/aromatic N) is 2. The highest BCUT2D eigenvalue weighted by atomic mass is 16.2. The summed E-state index contributed by atoms with van der Waals surface area (Å²) in [5.74, 6) is -0.00817. The Hall–Kier alpha value is -3.08. The highest BCUT2D eigenvalue weighted by Crippen LogP contribution is 2.19. The number of para-hydroxylation sites is 1. The predicted octanol–water partition coefficient (Wildman–Crippen LogP) is 4.69. The number of benzene rings is 2. The summed E-state index contributed by atoms with van der Waals surface area (Å²) in [5.41, 5.74) is 4.59. The van der Waals surface area contributed by atoms with Crippen molar-refractivity contribution in [1.82, 2.24) is 14.8 Å². The summed E-state index contributed by atoms with van der Waals surface area (Å²) in [6.07, 6.45) is 3.18. The molecule has 1 N–H and O–H groups in total. The molecule has 0 aliphatic rings. The molecular weight excluding hydrogens is 386 g/mol. The van der Waals surface area contributed by atoms with Gasteiger partial charge in [-0.1, -0.05) is 55.0 Å². The minimum atomic E-state index is -0.0177. The molecule has 1 aromatic heterocycles. The molecule has 5 nitrogen and oxygen atoms in total. The van der Waals surface area contributed by atoms with Crippen LogP contribution in [-0.2, 0) is 22.6 Å². The van der Waals surface area contributed by atoms with Gasteiger partial charge in [0.15, 0.2) is 0 Å². The summed E-state index contributed by atoms with van der Waals surface area (Å²) in [6.45, 7) is 9.05. The predicted molar refractivity (Wildman–Crippen MR) is 126 cm³/mol. The van der Waals surface area contributed by atoms with Crippen molar-refractivity contribution in [2.45, 2.75) is 53.1 Å². The lowest BCUT2D eigenvalue weighted by Gasteiger charge is -2.30. The lowest BCUT2D eigenvalue weighted by molar-refractivity contribution is -0.142. The first-order chi connectivity index (χ1) is 14.9. The SMILES string of the molecule is CCC(=O)N(CC(=O)N(CCc1c[nH]c2ccccc12)Cc1ccc(C)cc1)C(C)C. The zero-order valence-electron chi connectivity index (χ0n) is 19.0. The van der Waals surface area contributed by atoms with Gasteiger partial charge in [-0.25, -0.2) is 0 Å².